The molecule has 4 heteroatoms. The number of nitrogens with two attached hydrogens (primary N) is 1. The molecule has 4 nitrogen and oxygen atoms in total. The Hall–Kier alpha value is -0.610. The molecule has 1 heterocycles. The summed E-state index contributed by atoms with van der Waals surface area (Å²) in [5.41, 5.74) is 5.91. The fourth-order valence-electron chi connectivity index (χ4n) is 2.13. The highest BCUT2D eigenvalue weighted by atomic mass is 16.2. The smallest absolute Gasteiger partial charge is 0.239 e. The van der Waals surface area contributed by atoms with Crippen LogP contribution in [0.15, 0.2) is 0 Å². The molecule has 0 aromatic heterocycles. The monoisotopic (exact) mass is 227 g/mol. The molecule has 2 N–H and O–H groups in total. The van der Waals surface area contributed by atoms with Crippen LogP contribution in [0.1, 0.15) is 27.2 Å². The molecule has 16 heavy (non-hydrogen) atoms. The van der Waals surface area contributed by atoms with Crippen LogP contribution >= 0.6 is 0 Å². The molecule has 1 rings (SSSR count). The molecule has 0 aromatic carbocycles. The van der Waals surface area contributed by atoms with E-state index in [2.05, 4.69) is 25.7 Å². The van der Waals surface area contributed by atoms with Gasteiger partial charge in [0.1, 0.15) is 0 Å². The van der Waals surface area contributed by atoms with Gasteiger partial charge in [-0.15, -0.1) is 0 Å². The van der Waals surface area contributed by atoms with Gasteiger partial charge in [-0.3, -0.25) is 4.79 Å². The first-order valence-corrected chi connectivity index (χ1v) is 6.31. The lowest BCUT2D eigenvalue weighted by atomic mass is 10.0. The van der Waals surface area contributed by atoms with Crippen molar-refractivity contribution >= 4 is 5.91 Å². The van der Waals surface area contributed by atoms with E-state index in [0.29, 0.717) is 5.92 Å². The summed E-state index contributed by atoms with van der Waals surface area (Å²) in [6.07, 6.45) is 0.785. The van der Waals surface area contributed by atoms with Crippen molar-refractivity contribution in [2.24, 2.45) is 11.7 Å². The first-order valence-electron chi connectivity index (χ1n) is 6.31. The molecule has 0 unspecified atom stereocenters. The minimum Gasteiger partial charge on any atom is -0.339 e. The lowest BCUT2D eigenvalue weighted by Gasteiger charge is -2.35. The number of piperazine rings is 1. The van der Waals surface area contributed by atoms with Gasteiger partial charge in [0.05, 0.1) is 6.04 Å². The van der Waals surface area contributed by atoms with Crippen LogP contribution in [0.2, 0.25) is 0 Å². The first-order chi connectivity index (χ1) is 7.54. The summed E-state index contributed by atoms with van der Waals surface area (Å²) in [6.45, 7) is 11.1. The third-order valence-corrected chi connectivity index (χ3v) is 3.17. The zero-order valence-corrected chi connectivity index (χ0v) is 10.8. The van der Waals surface area contributed by atoms with E-state index in [9.17, 15) is 4.79 Å². The van der Waals surface area contributed by atoms with E-state index in [-0.39, 0.29) is 11.9 Å². The standard InChI is InChI=1S/C12H25N3O/c1-4-14-5-7-15(8-6-14)12(16)11(13)9-10(2)3/h10-11H,4-9,13H2,1-3H3/t11-/m1/s1. The number of amides is 1. The Morgan fingerprint density at radius 3 is 2.25 bits per heavy atom. The molecular formula is C12H25N3O. The summed E-state index contributed by atoms with van der Waals surface area (Å²) in [7, 11) is 0. The van der Waals surface area contributed by atoms with Gasteiger partial charge >= 0.3 is 0 Å². The van der Waals surface area contributed by atoms with Crippen LogP contribution in [0.25, 0.3) is 0 Å². The Labute approximate surface area is 98.8 Å². The zero-order chi connectivity index (χ0) is 12.1. The second kappa shape index (κ2) is 6.21. The summed E-state index contributed by atoms with van der Waals surface area (Å²) in [5.74, 6) is 0.611. The first kappa shape index (κ1) is 13.5. The molecule has 0 radical (unpaired) electrons. The third-order valence-electron chi connectivity index (χ3n) is 3.17. The maximum absolute atomic E-state index is 12.0. The van der Waals surface area contributed by atoms with Crippen LogP contribution in [0.3, 0.4) is 0 Å². The molecule has 1 saturated heterocycles. The van der Waals surface area contributed by atoms with Crippen LogP contribution in [0.5, 0.6) is 0 Å². The second-order valence-electron chi connectivity index (χ2n) is 5.00. The molecule has 1 atom stereocenters. The maximum Gasteiger partial charge on any atom is 0.239 e. The van der Waals surface area contributed by atoms with Crippen LogP contribution in [0, 0.1) is 5.92 Å². The molecular weight excluding hydrogens is 202 g/mol. The van der Waals surface area contributed by atoms with Crippen molar-refractivity contribution < 1.29 is 4.79 Å². The van der Waals surface area contributed by atoms with E-state index in [1.807, 2.05) is 4.90 Å². The minimum absolute atomic E-state index is 0.129. The Morgan fingerprint density at radius 1 is 1.25 bits per heavy atom. The molecule has 0 aromatic rings. The van der Waals surface area contributed by atoms with E-state index < -0.39 is 0 Å². The number of nitrogens with zero attached hydrogens (tertiary/aromatic N) is 2. The van der Waals surface area contributed by atoms with Crippen molar-refractivity contribution in [2.45, 2.75) is 33.2 Å². The third kappa shape index (κ3) is 3.76. The number of hydrogen-bond acceptors (Lipinski definition) is 3. The summed E-state index contributed by atoms with van der Waals surface area (Å²) in [4.78, 5) is 16.3. The number of carbonyl (C=O) groups is 1. The molecule has 94 valence electrons. The Bertz CT molecular complexity index is 222. The fraction of sp³-hybridized carbons (Fsp3) is 0.917. The number of carbonyl (C=O) groups excluding carboxylic acids is 1. The lowest BCUT2D eigenvalue weighted by Crippen LogP contribution is -2.53. The van der Waals surface area contributed by atoms with Crippen molar-refractivity contribution in [1.29, 1.82) is 0 Å². The highest BCUT2D eigenvalue weighted by Gasteiger charge is 2.24. The van der Waals surface area contributed by atoms with Gasteiger partial charge in [0.2, 0.25) is 5.91 Å². The van der Waals surface area contributed by atoms with Gasteiger partial charge in [0.25, 0.3) is 0 Å². The summed E-state index contributed by atoms with van der Waals surface area (Å²) < 4.78 is 0. The minimum atomic E-state index is -0.312. The van der Waals surface area contributed by atoms with Gasteiger partial charge in [0, 0.05) is 26.2 Å². The van der Waals surface area contributed by atoms with Crippen molar-refractivity contribution in [3.63, 3.8) is 0 Å². The lowest BCUT2D eigenvalue weighted by molar-refractivity contribution is -0.134. The molecule has 0 aliphatic carbocycles. The maximum atomic E-state index is 12.0. The van der Waals surface area contributed by atoms with Crippen LogP contribution in [0.4, 0.5) is 0 Å². The fourth-order valence-corrected chi connectivity index (χ4v) is 2.13. The van der Waals surface area contributed by atoms with E-state index in [0.717, 1.165) is 39.1 Å². The van der Waals surface area contributed by atoms with E-state index >= 15 is 0 Å². The normalized spacial score (nSPS) is 20.2. The molecule has 1 aliphatic rings. The Kier molecular flexibility index (Phi) is 5.22. The quantitative estimate of drug-likeness (QED) is 0.762. The van der Waals surface area contributed by atoms with Crippen molar-refractivity contribution in [2.75, 3.05) is 32.7 Å². The number of likely N-dealkylation sites (N-methyl/N-ethyl adjacent to an activating group) is 1. The number of rotatable bonds is 4. The topological polar surface area (TPSA) is 49.6 Å². The zero-order valence-electron chi connectivity index (χ0n) is 10.8. The predicted octanol–water partition coefficient (Wildman–Crippen LogP) is 0.524. The molecule has 0 bridgehead atoms. The highest BCUT2D eigenvalue weighted by Crippen LogP contribution is 2.08. The summed E-state index contributed by atoms with van der Waals surface area (Å²) >= 11 is 0. The number of hydrogen-bond donors (Lipinski definition) is 1. The van der Waals surface area contributed by atoms with E-state index in [4.69, 9.17) is 5.73 Å². The second-order valence-corrected chi connectivity index (χ2v) is 5.00. The van der Waals surface area contributed by atoms with Crippen LogP contribution in [-0.2, 0) is 4.79 Å². The summed E-state index contributed by atoms with van der Waals surface area (Å²) in [5, 5.41) is 0. The van der Waals surface area contributed by atoms with Gasteiger partial charge in [-0.2, -0.15) is 0 Å². The SMILES string of the molecule is CCN1CCN(C(=O)[C@H](N)CC(C)C)CC1. The van der Waals surface area contributed by atoms with Gasteiger partial charge in [0.15, 0.2) is 0 Å². The average molecular weight is 227 g/mol. The average Bonchev–Trinajstić information content (AvgIpc) is 2.27. The van der Waals surface area contributed by atoms with E-state index in [1.165, 1.54) is 0 Å². The van der Waals surface area contributed by atoms with Crippen molar-refractivity contribution in [3.05, 3.63) is 0 Å². The highest BCUT2D eigenvalue weighted by molar-refractivity contribution is 5.81. The van der Waals surface area contributed by atoms with E-state index in [1.54, 1.807) is 0 Å². The van der Waals surface area contributed by atoms with Gasteiger partial charge < -0.3 is 15.5 Å². The molecule has 0 saturated carbocycles. The Balaban J connectivity index is 2.38. The van der Waals surface area contributed by atoms with Crippen LogP contribution < -0.4 is 5.73 Å². The summed E-state index contributed by atoms with van der Waals surface area (Å²) in [6, 6.07) is -0.312. The van der Waals surface area contributed by atoms with Gasteiger partial charge in [-0.05, 0) is 18.9 Å². The van der Waals surface area contributed by atoms with Crippen molar-refractivity contribution in [1.82, 2.24) is 9.80 Å². The van der Waals surface area contributed by atoms with Gasteiger partial charge in [-0.1, -0.05) is 20.8 Å². The molecule has 1 fully saturated rings. The predicted molar refractivity (Wildman–Crippen MR) is 66.1 cm³/mol. The Morgan fingerprint density at radius 2 is 1.81 bits per heavy atom. The molecule has 1 aliphatic heterocycles. The van der Waals surface area contributed by atoms with Gasteiger partial charge in [-0.25, -0.2) is 0 Å². The van der Waals surface area contributed by atoms with Crippen LogP contribution in [-0.4, -0.2) is 54.5 Å². The van der Waals surface area contributed by atoms with Crippen molar-refractivity contribution in [3.8, 4) is 0 Å². The largest absolute Gasteiger partial charge is 0.339 e. The molecule has 1 amide bonds. The molecule has 0 spiro atoms.